The predicted octanol–water partition coefficient (Wildman–Crippen LogP) is 1.73. The number of hydrogen-bond donors (Lipinski definition) is 1. The minimum atomic E-state index is 0.700. The molecule has 0 saturated carbocycles. The summed E-state index contributed by atoms with van der Waals surface area (Å²) in [5, 5.41) is 3.51. The van der Waals surface area contributed by atoms with Crippen molar-refractivity contribution in [1.82, 2.24) is 10.2 Å². The highest BCUT2D eigenvalue weighted by Crippen LogP contribution is 2.02. The molecule has 0 amide bonds. The van der Waals surface area contributed by atoms with E-state index >= 15 is 0 Å². The summed E-state index contributed by atoms with van der Waals surface area (Å²) < 4.78 is 5.05. The Balaban J connectivity index is 3.41. The third-order valence-corrected chi connectivity index (χ3v) is 2.76. The van der Waals surface area contributed by atoms with Crippen LogP contribution < -0.4 is 5.32 Å². The van der Waals surface area contributed by atoms with Crippen molar-refractivity contribution in [2.45, 2.75) is 39.2 Å². The number of rotatable bonds is 10. The molecule has 0 saturated heterocycles. The lowest BCUT2D eigenvalue weighted by Crippen LogP contribution is -2.30. The van der Waals surface area contributed by atoms with Gasteiger partial charge < -0.3 is 15.0 Å². The number of methoxy groups -OCH3 is 1. The zero-order valence-electron chi connectivity index (χ0n) is 10.9. The highest BCUT2D eigenvalue weighted by atomic mass is 16.5. The van der Waals surface area contributed by atoms with Gasteiger partial charge in [0.25, 0.3) is 0 Å². The quantitative estimate of drug-likeness (QED) is 0.602. The van der Waals surface area contributed by atoms with E-state index in [4.69, 9.17) is 4.74 Å². The molecule has 0 heterocycles. The van der Waals surface area contributed by atoms with E-state index in [-0.39, 0.29) is 0 Å². The van der Waals surface area contributed by atoms with E-state index in [0.717, 1.165) is 19.7 Å². The van der Waals surface area contributed by atoms with Gasteiger partial charge in [-0.25, -0.2) is 0 Å². The van der Waals surface area contributed by atoms with E-state index in [1.165, 1.54) is 25.8 Å². The number of hydrogen-bond acceptors (Lipinski definition) is 3. The van der Waals surface area contributed by atoms with E-state index in [1.54, 1.807) is 7.11 Å². The highest BCUT2D eigenvalue weighted by molar-refractivity contribution is 4.64. The summed E-state index contributed by atoms with van der Waals surface area (Å²) in [6.45, 7) is 8.55. The lowest BCUT2D eigenvalue weighted by atomic mass is 10.1. The summed E-state index contributed by atoms with van der Waals surface area (Å²) >= 11 is 0. The molecule has 0 aliphatic rings. The van der Waals surface area contributed by atoms with Crippen LogP contribution in [-0.2, 0) is 4.74 Å². The number of nitrogens with zero attached hydrogens (tertiary/aromatic N) is 1. The molecule has 3 nitrogen and oxygen atoms in total. The molecule has 0 radical (unpaired) electrons. The third-order valence-electron chi connectivity index (χ3n) is 2.76. The Hall–Kier alpha value is -0.120. The second-order valence-corrected chi connectivity index (χ2v) is 4.10. The van der Waals surface area contributed by atoms with Gasteiger partial charge in [-0.2, -0.15) is 0 Å². The van der Waals surface area contributed by atoms with Gasteiger partial charge in [0.05, 0.1) is 6.61 Å². The number of ether oxygens (including phenoxy) is 1. The largest absolute Gasteiger partial charge is 0.383 e. The third kappa shape index (κ3) is 8.85. The van der Waals surface area contributed by atoms with Crippen LogP contribution in [0.3, 0.4) is 0 Å². The average Bonchev–Trinajstić information content (AvgIpc) is 2.25. The molecule has 0 aliphatic heterocycles. The average molecular weight is 216 g/mol. The highest BCUT2D eigenvalue weighted by Gasteiger charge is 2.04. The molecular formula is C12H28N2O. The standard InChI is InChI=1S/C12H28N2O/c1-5-12(13-6-2)8-7-9-14(3)10-11-15-4/h12-13H,5-11H2,1-4H3. The minimum Gasteiger partial charge on any atom is -0.383 e. The Morgan fingerprint density at radius 3 is 2.53 bits per heavy atom. The van der Waals surface area contributed by atoms with Gasteiger partial charge >= 0.3 is 0 Å². The Bertz CT molecular complexity index is 131. The van der Waals surface area contributed by atoms with Gasteiger partial charge in [-0.05, 0) is 39.4 Å². The first-order valence-electron chi connectivity index (χ1n) is 6.15. The molecule has 0 aromatic heterocycles. The van der Waals surface area contributed by atoms with Gasteiger partial charge in [-0.3, -0.25) is 0 Å². The molecule has 1 N–H and O–H groups in total. The maximum absolute atomic E-state index is 5.05. The molecule has 0 aromatic rings. The zero-order valence-corrected chi connectivity index (χ0v) is 10.9. The predicted molar refractivity (Wildman–Crippen MR) is 66.4 cm³/mol. The van der Waals surface area contributed by atoms with Gasteiger partial charge in [-0.1, -0.05) is 13.8 Å². The second-order valence-electron chi connectivity index (χ2n) is 4.10. The number of nitrogens with one attached hydrogen (secondary N) is 1. The molecule has 1 atom stereocenters. The maximum atomic E-state index is 5.05. The van der Waals surface area contributed by atoms with Crippen LogP contribution in [0.25, 0.3) is 0 Å². The van der Waals surface area contributed by atoms with E-state index in [2.05, 4.69) is 31.1 Å². The topological polar surface area (TPSA) is 24.5 Å². The van der Waals surface area contributed by atoms with Crippen molar-refractivity contribution in [2.75, 3.05) is 40.4 Å². The molecule has 0 aromatic carbocycles. The SMILES string of the molecule is CCNC(CC)CCCN(C)CCOC. The van der Waals surface area contributed by atoms with Crippen LogP contribution in [0, 0.1) is 0 Å². The van der Waals surface area contributed by atoms with Gasteiger partial charge in [0.15, 0.2) is 0 Å². The smallest absolute Gasteiger partial charge is 0.0589 e. The fraction of sp³-hybridized carbons (Fsp3) is 1.00. The van der Waals surface area contributed by atoms with Crippen LogP contribution in [0.5, 0.6) is 0 Å². The first kappa shape index (κ1) is 14.9. The summed E-state index contributed by atoms with van der Waals surface area (Å²) in [6.07, 6.45) is 3.78. The van der Waals surface area contributed by atoms with Crippen molar-refractivity contribution in [2.24, 2.45) is 0 Å². The molecule has 15 heavy (non-hydrogen) atoms. The molecular weight excluding hydrogens is 188 g/mol. The van der Waals surface area contributed by atoms with Gasteiger partial charge in [-0.15, -0.1) is 0 Å². The van der Waals surface area contributed by atoms with Crippen molar-refractivity contribution in [3.8, 4) is 0 Å². The van der Waals surface area contributed by atoms with E-state index in [0.29, 0.717) is 6.04 Å². The minimum absolute atomic E-state index is 0.700. The molecule has 92 valence electrons. The van der Waals surface area contributed by atoms with E-state index < -0.39 is 0 Å². The Labute approximate surface area is 95.2 Å². The molecule has 0 aliphatic carbocycles. The summed E-state index contributed by atoms with van der Waals surface area (Å²) in [4.78, 5) is 2.34. The normalized spacial score (nSPS) is 13.4. The van der Waals surface area contributed by atoms with E-state index in [9.17, 15) is 0 Å². The van der Waals surface area contributed by atoms with Crippen molar-refractivity contribution >= 4 is 0 Å². The Kier molecular flexibility index (Phi) is 10.3. The lowest BCUT2D eigenvalue weighted by molar-refractivity contribution is 0.159. The molecule has 0 bridgehead atoms. The fourth-order valence-corrected chi connectivity index (χ4v) is 1.71. The van der Waals surface area contributed by atoms with Crippen LogP contribution in [0.1, 0.15) is 33.1 Å². The van der Waals surface area contributed by atoms with Crippen molar-refractivity contribution in [3.05, 3.63) is 0 Å². The van der Waals surface area contributed by atoms with Crippen LogP contribution in [0.15, 0.2) is 0 Å². The van der Waals surface area contributed by atoms with Crippen LogP contribution >= 0.6 is 0 Å². The van der Waals surface area contributed by atoms with Crippen molar-refractivity contribution in [1.29, 1.82) is 0 Å². The molecule has 3 heteroatoms. The first-order valence-corrected chi connectivity index (χ1v) is 6.15. The van der Waals surface area contributed by atoms with Gasteiger partial charge in [0, 0.05) is 19.7 Å². The monoisotopic (exact) mass is 216 g/mol. The van der Waals surface area contributed by atoms with Gasteiger partial charge in [0.1, 0.15) is 0 Å². The van der Waals surface area contributed by atoms with Crippen molar-refractivity contribution in [3.63, 3.8) is 0 Å². The zero-order chi connectivity index (χ0) is 11.5. The van der Waals surface area contributed by atoms with Crippen LogP contribution in [0.4, 0.5) is 0 Å². The summed E-state index contributed by atoms with van der Waals surface area (Å²) in [5.41, 5.74) is 0. The number of likely N-dealkylation sites (N-methyl/N-ethyl adjacent to an activating group) is 1. The summed E-state index contributed by atoms with van der Waals surface area (Å²) in [5.74, 6) is 0. The van der Waals surface area contributed by atoms with Gasteiger partial charge in [0.2, 0.25) is 0 Å². The molecule has 1 unspecified atom stereocenters. The van der Waals surface area contributed by atoms with Crippen LogP contribution in [0.2, 0.25) is 0 Å². The summed E-state index contributed by atoms with van der Waals surface area (Å²) in [7, 11) is 3.92. The summed E-state index contributed by atoms with van der Waals surface area (Å²) in [6, 6.07) is 0.700. The lowest BCUT2D eigenvalue weighted by Gasteiger charge is -2.19. The second kappa shape index (κ2) is 10.4. The maximum Gasteiger partial charge on any atom is 0.0589 e. The molecule has 0 rings (SSSR count). The van der Waals surface area contributed by atoms with Crippen LogP contribution in [-0.4, -0.2) is 51.3 Å². The van der Waals surface area contributed by atoms with Crippen molar-refractivity contribution < 1.29 is 4.74 Å². The van der Waals surface area contributed by atoms with E-state index in [1.807, 2.05) is 0 Å². The Morgan fingerprint density at radius 1 is 1.27 bits per heavy atom. The molecule has 0 fully saturated rings. The Morgan fingerprint density at radius 2 is 2.00 bits per heavy atom. The first-order chi connectivity index (χ1) is 7.24. The molecule has 0 spiro atoms. The fourth-order valence-electron chi connectivity index (χ4n) is 1.71.